The number of aryl methyl sites for hydroxylation is 1. The molecule has 0 spiro atoms. The van der Waals surface area contributed by atoms with Crippen molar-refractivity contribution in [3.8, 4) is 16.9 Å². The number of aromatic nitrogens is 1. The van der Waals surface area contributed by atoms with E-state index in [0.29, 0.717) is 22.9 Å². The molecule has 0 radical (unpaired) electrons. The molecule has 0 saturated carbocycles. The standard InChI is InChI=1S/C21H21N3O4/c1-13-11-19(24-28-13)23-20(25)14(2)22-21(26)17-12-16(9-10-18(17)27-3)15-7-5-4-6-8-15/h4-12,14H,1-3H3,(H,22,26)(H,23,24,25). The summed E-state index contributed by atoms with van der Waals surface area (Å²) in [4.78, 5) is 25.1. The number of amides is 2. The maximum atomic E-state index is 12.8. The molecular weight excluding hydrogens is 358 g/mol. The molecule has 0 saturated heterocycles. The summed E-state index contributed by atoms with van der Waals surface area (Å²) in [6, 6.07) is 15.9. The van der Waals surface area contributed by atoms with Crippen molar-refractivity contribution in [1.82, 2.24) is 10.5 Å². The van der Waals surface area contributed by atoms with Crippen LogP contribution >= 0.6 is 0 Å². The first-order valence-corrected chi connectivity index (χ1v) is 8.76. The number of carbonyl (C=O) groups is 2. The minimum Gasteiger partial charge on any atom is -0.496 e. The first kappa shape index (κ1) is 19.2. The number of hydrogen-bond acceptors (Lipinski definition) is 5. The first-order valence-electron chi connectivity index (χ1n) is 8.76. The quantitative estimate of drug-likeness (QED) is 0.684. The molecule has 7 heteroatoms. The van der Waals surface area contributed by atoms with Crippen LogP contribution in [0.3, 0.4) is 0 Å². The van der Waals surface area contributed by atoms with Crippen LogP contribution in [0, 0.1) is 6.92 Å². The van der Waals surface area contributed by atoms with Crippen LogP contribution in [-0.2, 0) is 4.79 Å². The van der Waals surface area contributed by atoms with Gasteiger partial charge in [0.1, 0.15) is 17.6 Å². The molecule has 1 unspecified atom stereocenters. The van der Waals surface area contributed by atoms with Crippen molar-refractivity contribution in [2.24, 2.45) is 0 Å². The Morgan fingerprint density at radius 3 is 2.46 bits per heavy atom. The molecule has 0 aliphatic heterocycles. The van der Waals surface area contributed by atoms with E-state index in [2.05, 4.69) is 15.8 Å². The third kappa shape index (κ3) is 4.37. The molecule has 3 rings (SSSR count). The molecule has 0 aliphatic rings. The molecule has 0 aliphatic carbocycles. The lowest BCUT2D eigenvalue weighted by molar-refractivity contribution is -0.117. The lowest BCUT2D eigenvalue weighted by Crippen LogP contribution is -2.41. The van der Waals surface area contributed by atoms with Gasteiger partial charge < -0.3 is 19.9 Å². The molecule has 28 heavy (non-hydrogen) atoms. The predicted octanol–water partition coefficient (Wildman–Crippen LogP) is 3.42. The highest BCUT2D eigenvalue weighted by atomic mass is 16.5. The predicted molar refractivity (Wildman–Crippen MR) is 105 cm³/mol. The Labute approximate surface area is 162 Å². The minimum atomic E-state index is -0.783. The molecule has 1 aromatic heterocycles. The molecule has 2 aromatic carbocycles. The van der Waals surface area contributed by atoms with Crippen molar-refractivity contribution in [3.63, 3.8) is 0 Å². The van der Waals surface area contributed by atoms with E-state index in [4.69, 9.17) is 9.26 Å². The number of hydrogen-bond donors (Lipinski definition) is 2. The Hall–Kier alpha value is -3.61. The highest BCUT2D eigenvalue weighted by Gasteiger charge is 2.20. The Balaban J connectivity index is 1.76. The van der Waals surface area contributed by atoms with Gasteiger partial charge in [-0.2, -0.15) is 0 Å². The highest BCUT2D eigenvalue weighted by molar-refractivity contribution is 6.02. The maximum absolute atomic E-state index is 12.8. The number of methoxy groups -OCH3 is 1. The van der Waals surface area contributed by atoms with E-state index in [-0.39, 0.29) is 0 Å². The van der Waals surface area contributed by atoms with Crippen molar-refractivity contribution in [2.45, 2.75) is 19.9 Å². The van der Waals surface area contributed by atoms with Gasteiger partial charge in [0.25, 0.3) is 5.91 Å². The number of nitrogens with zero attached hydrogens (tertiary/aromatic N) is 1. The van der Waals surface area contributed by atoms with Crippen LogP contribution in [0.1, 0.15) is 23.0 Å². The zero-order valence-electron chi connectivity index (χ0n) is 15.9. The normalized spacial score (nSPS) is 11.5. The summed E-state index contributed by atoms with van der Waals surface area (Å²) in [7, 11) is 1.50. The molecule has 1 heterocycles. The van der Waals surface area contributed by atoms with Crippen LogP contribution in [0.15, 0.2) is 59.1 Å². The summed E-state index contributed by atoms with van der Waals surface area (Å²) in [6.07, 6.45) is 0. The number of ether oxygens (including phenoxy) is 1. The van der Waals surface area contributed by atoms with Crippen LogP contribution in [0.2, 0.25) is 0 Å². The molecule has 1 atom stereocenters. The number of rotatable bonds is 6. The molecule has 0 fully saturated rings. The Bertz CT molecular complexity index is 982. The van der Waals surface area contributed by atoms with Gasteiger partial charge in [0.05, 0.1) is 12.7 Å². The fraction of sp³-hybridized carbons (Fsp3) is 0.190. The van der Waals surface area contributed by atoms with Gasteiger partial charge >= 0.3 is 0 Å². The van der Waals surface area contributed by atoms with E-state index < -0.39 is 17.9 Å². The smallest absolute Gasteiger partial charge is 0.255 e. The third-order valence-electron chi connectivity index (χ3n) is 4.17. The molecule has 3 aromatic rings. The summed E-state index contributed by atoms with van der Waals surface area (Å²) < 4.78 is 10.2. The number of anilines is 1. The Morgan fingerprint density at radius 2 is 1.82 bits per heavy atom. The van der Waals surface area contributed by atoms with Crippen molar-refractivity contribution in [3.05, 3.63) is 65.9 Å². The van der Waals surface area contributed by atoms with Crippen molar-refractivity contribution in [2.75, 3.05) is 12.4 Å². The van der Waals surface area contributed by atoms with Gasteiger partial charge in [-0.1, -0.05) is 41.6 Å². The monoisotopic (exact) mass is 379 g/mol. The van der Waals surface area contributed by atoms with Gasteiger partial charge in [-0.15, -0.1) is 0 Å². The van der Waals surface area contributed by atoms with Crippen molar-refractivity contribution >= 4 is 17.6 Å². The van der Waals surface area contributed by atoms with Crippen molar-refractivity contribution < 1.29 is 18.8 Å². The van der Waals surface area contributed by atoms with E-state index in [1.54, 1.807) is 32.0 Å². The lowest BCUT2D eigenvalue weighted by Gasteiger charge is -2.15. The third-order valence-corrected chi connectivity index (χ3v) is 4.17. The number of nitrogens with one attached hydrogen (secondary N) is 2. The van der Waals surface area contributed by atoms with E-state index in [0.717, 1.165) is 11.1 Å². The number of carbonyl (C=O) groups excluding carboxylic acids is 2. The first-order chi connectivity index (χ1) is 13.5. The van der Waals surface area contributed by atoms with Crippen LogP contribution in [0.5, 0.6) is 5.75 Å². The summed E-state index contributed by atoms with van der Waals surface area (Å²) in [5.74, 6) is 0.493. The Kier molecular flexibility index (Phi) is 5.74. The fourth-order valence-corrected chi connectivity index (χ4v) is 2.70. The SMILES string of the molecule is COc1ccc(-c2ccccc2)cc1C(=O)NC(C)C(=O)Nc1cc(C)on1. The lowest BCUT2D eigenvalue weighted by atomic mass is 10.0. The second-order valence-corrected chi connectivity index (χ2v) is 6.29. The molecule has 2 N–H and O–H groups in total. The van der Waals surface area contributed by atoms with Gasteiger partial charge in [0.15, 0.2) is 5.82 Å². The van der Waals surface area contributed by atoms with Crippen LogP contribution in [0.25, 0.3) is 11.1 Å². The molecule has 7 nitrogen and oxygen atoms in total. The molecular formula is C21H21N3O4. The van der Waals surface area contributed by atoms with Gasteiger partial charge in [-0.25, -0.2) is 0 Å². The Morgan fingerprint density at radius 1 is 1.07 bits per heavy atom. The maximum Gasteiger partial charge on any atom is 0.255 e. The summed E-state index contributed by atoms with van der Waals surface area (Å²) >= 11 is 0. The second kappa shape index (κ2) is 8.39. The van der Waals surface area contributed by atoms with E-state index in [1.807, 2.05) is 36.4 Å². The minimum absolute atomic E-state index is 0.298. The summed E-state index contributed by atoms with van der Waals surface area (Å²) in [6.45, 7) is 3.31. The van der Waals surface area contributed by atoms with Crippen LogP contribution in [-0.4, -0.2) is 30.1 Å². The summed E-state index contributed by atoms with van der Waals surface area (Å²) in [5.41, 5.74) is 2.20. The average Bonchev–Trinajstić information content (AvgIpc) is 3.12. The van der Waals surface area contributed by atoms with Gasteiger partial charge in [-0.3, -0.25) is 9.59 Å². The second-order valence-electron chi connectivity index (χ2n) is 6.29. The average molecular weight is 379 g/mol. The zero-order valence-corrected chi connectivity index (χ0v) is 15.9. The van der Waals surface area contributed by atoms with Gasteiger partial charge in [0.2, 0.25) is 5.91 Å². The molecule has 2 amide bonds. The van der Waals surface area contributed by atoms with E-state index >= 15 is 0 Å². The zero-order chi connectivity index (χ0) is 20.1. The van der Waals surface area contributed by atoms with Gasteiger partial charge in [-0.05, 0) is 37.1 Å². The largest absolute Gasteiger partial charge is 0.496 e. The highest BCUT2D eigenvalue weighted by Crippen LogP contribution is 2.26. The fourth-order valence-electron chi connectivity index (χ4n) is 2.70. The molecule has 144 valence electrons. The summed E-state index contributed by atoms with van der Waals surface area (Å²) in [5, 5.41) is 8.99. The van der Waals surface area contributed by atoms with Gasteiger partial charge in [0, 0.05) is 6.07 Å². The van der Waals surface area contributed by atoms with E-state index in [1.165, 1.54) is 7.11 Å². The van der Waals surface area contributed by atoms with Crippen molar-refractivity contribution in [1.29, 1.82) is 0 Å². The van der Waals surface area contributed by atoms with E-state index in [9.17, 15) is 9.59 Å². The number of benzene rings is 2. The topological polar surface area (TPSA) is 93.5 Å². The van der Waals surface area contributed by atoms with Crippen LogP contribution in [0.4, 0.5) is 5.82 Å². The molecule has 0 bridgehead atoms. The van der Waals surface area contributed by atoms with Crippen LogP contribution < -0.4 is 15.4 Å².